The molecule has 2 N–H and O–H groups in total. The summed E-state index contributed by atoms with van der Waals surface area (Å²) in [4.78, 5) is 11.0. The first-order valence-electron chi connectivity index (χ1n) is 5.14. The molecule has 19 heavy (non-hydrogen) atoms. The lowest BCUT2D eigenvalue weighted by Gasteiger charge is -2.09. The fourth-order valence-electron chi connectivity index (χ4n) is 1.27. The number of nitriles is 1. The van der Waals surface area contributed by atoms with Crippen molar-refractivity contribution in [2.45, 2.75) is 0 Å². The highest BCUT2D eigenvalue weighted by Crippen LogP contribution is 2.29. The second-order valence-corrected chi connectivity index (χ2v) is 5.77. The van der Waals surface area contributed by atoms with Crippen molar-refractivity contribution in [2.24, 2.45) is 5.73 Å². The fourth-order valence-corrected chi connectivity index (χ4v) is 3.40. The van der Waals surface area contributed by atoms with Crippen LogP contribution in [0.2, 0.25) is 0 Å². The van der Waals surface area contributed by atoms with E-state index in [4.69, 9.17) is 15.7 Å². The van der Waals surface area contributed by atoms with Crippen LogP contribution in [0.1, 0.15) is 5.56 Å². The number of carbonyl (C=O) groups is 1. The number of amides is 1. The van der Waals surface area contributed by atoms with E-state index in [-0.39, 0.29) is 5.57 Å². The minimum atomic E-state index is -0.737. The van der Waals surface area contributed by atoms with E-state index in [0.717, 1.165) is 18.5 Å². The zero-order valence-corrected chi connectivity index (χ0v) is 14.1. The Kier molecular flexibility index (Phi) is 6.30. The van der Waals surface area contributed by atoms with Gasteiger partial charge in [0.15, 0.2) is 0 Å². The molecule has 0 saturated carbocycles. The number of nitrogens with two attached hydrogens (primary N) is 1. The largest absolute Gasteiger partial charge is 0.487 e. The third-order valence-electron chi connectivity index (χ3n) is 2.06. The first kappa shape index (κ1) is 16.0. The van der Waals surface area contributed by atoms with E-state index in [1.54, 1.807) is 12.1 Å². The molecule has 98 valence electrons. The molecule has 0 unspecified atom stereocenters. The predicted octanol–water partition coefficient (Wildman–Crippen LogP) is 2.85. The maximum absolute atomic E-state index is 11.0. The highest BCUT2D eigenvalue weighted by atomic mass is 127. The van der Waals surface area contributed by atoms with Gasteiger partial charge in [-0.05, 0) is 69.0 Å². The average Bonchev–Trinajstić information content (AvgIpc) is 2.34. The van der Waals surface area contributed by atoms with Gasteiger partial charge in [-0.2, -0.15) is 5.26 Å². The van der Waals surface area contributed by atoms with E-state index in [1.807, 2.05) is 12.1 Å². The minimum Gasteiger partial charge on any atom is -0.487 e. The Hall–Kier alpha value is -1.08. The average molecular weight is 480 g/mol. The molecule has 0 aliphatic heterocycles. The van der Waals surface area contributed by atoms with E-state index < -0.39 is 5.91 Å². The van der Waals surface area contributed by atoms with Crippen LogP contribution < -0.4 is 10.5 Å². The zero-order valence-electron chi connectivity index (χ0n) is 9.82. The highest BCUT2D eigenvalue weighted by molar-refractivity contribution is 14.1. The summed E-state index contributed by atoms with van der Waals surface area (Å²) in [6.45, 7) is 4.02. The number of hydrogen-bond acceptors (Lipinski definition) is 3. The molecule has 0 fully saturated rings. The molecule has 0 bridgehead atoms. The molecule has 1 aromatic carbocycles. The lowest BCUT2D eigenvalue weighted by Crippen LogP contribution is -2.12. The van der Waals surface area contributed by atoms with Gasteiger partial charge in [0.25, 0.3) is 5.91 Å². The van der Waals surface area contributed by atoms with Crippen molar-refractivity contribution in [3.63, 3.8) is 0 Å². The van der Waals surface area contributed by atoms with Crippen molar-refractivity contribution in [1.29, 1.82) is 5.26 Å². The minimum absolute atomic E-state index is 0.0774. The van der Waals surface area contributed by atoms with Gasteiger partial charge in [0.05, 0.1) is 7.14 Å². The normalized spacial score (nSPS) is 10.7. The smallest absolute Gasteiger partial charge is 0.259 e. The summed E-state index contributed by atoms with van der Waals surface area (Å²) in [6.07, 6.45) is 3.13. The third kappa shape index (κ3) is 4.50. The SMILES string of the molecule is C=CCOc1c(I)cc(C=C(C#N)C(N)=O)cc1I. The molecule has 1 amide bonds. The van der Waals surface area contributed by atoms with Crippen molar-refractivity contribution >= 4 is 57.2 Å². The van der Waals surface area contributed by atoms with Gasteiger partial charge in [-0.3, -0.25) is 4.79 Å². The molecule has 0 spiro atoms. The molecule has 0 saturated heterocycles. The molecule has 1 rings (SSSR count). The molecule has 0 aliphatic rings. The van der Waals surface area contributed by atoms with Crippen molar-refractivity contribution in [1.82, 2.24) is 0 Å². The fraction of sp³-hybridized carbons (Fsp3) is 0.0769. The summed E-state index contributed by atoms with van der Waals surface area (Å²) >= 11 is 4.27. The number of carbonyl (C=O) groups excluding carboxylic acids is 1. The molecule has 0 radical (unpaired) electrons. The number of rotatable bonds is 5. The Morgan fingerprint density at radius 3 is 2.47 bits per heavy atom. The number of halogens is 2. The molecule has 0 atom stereocenters. The maximum atomic E-state index is 11.0. The van der Waals surface area contributed by atoms with Crippen molar-refractivity contribution in [3.05, 3.63) is 43.1 Å². The van der Waals surface area contributed by atoms with Crippen LogP contribution in [0.25, 0.3) is 6.08 Å². The summed E-state index contributed by atoms with van der Waals surface area (Å²) in [5.74, 6) is 0.0235. The predicted molar refractivity (Wildman–Crippen MR) is 90.4 cm³/mol. The summed E-state index contributed by atoms with van der Waals surface area (Å²) in [7, 11) is 0. The monoisotopic (exact) mass is 480 g/mol. The summed E-state index contributed by atoms with van der Waals surface area (Å²) < 4.78 is 7.32. The molecule has 4 nitrogen and oxygen atoms in total. The molecule has 0 heterocycles. The second-order valence-electron chi connectivity index (χ2n) is 3.45. The number of nitrogens with zero attached hydrogens (tertiary/aromatic N) is 1. The molecular weight excluding hydrogens is 470 g/mol. The van der Waals surface area contributed by atoms with Crippen LogP contribution in [0.5, 0.6) is 5.75 Å². The Bertz CT molecular complexity index is 566. The van der Waals surface area contributed by atoms with Crippen LogP contribution in [0.15, 0.2) is 30.4 Å². The van der Waals surface area contributed by atoms with Crippen molar-refractivity contribution in [2.75, 3.05) is 6.61 Å². The van der Waals surface area contributed by atoms with Crippen LogP contribution in [0.4, 0.5) is 0 Å². The Morgan fingerprint density at radius 2 is 2.05 bits per heavy atom. The van der Waals surface area contributed by atoms with Gasteiger partial charge in [-0.25, -0.2) is 0 Å². The lowest BCUT2D eigenvalue weighted by atomic mass is 10.1. The van der Waals surface area contributed by atoms with Crippen LogP contribution in [0, 0.1) is 18.5 Å². The van der Waals surface area contributed by atoms with E-state index >= 15 is 0 Å². The molecule has 0 aliphatic carbocycles. The maximum Gasteiger partial charge on any atom is 0.259 e. The van der Waals surface area contributed by atoms with Crippen molar-refractivity contribution in [3.8, 4) is 11.8 Å². The van der Waals surface area contributed by atoms with E-state index in [0.29, 0.717) is 6.61 Å². The molecule has 6 heteroatoms. The first-order valence-corrected chi connectivity index (χ1v) is 7.29. The van der Waals surface area contributed by atoms with Gasteiger partial charge in [-0.15, -0.1) is 0 Å². The first-order chi connectivity index (χ1) is 8.99. The highest BCUT2D eigenvalue weighted by Gasteiger charge is 2.09. The van der Waals surface area contributed by atoms with Gasteiger partial charge in [0, 0.05) is 0 Å². The number of hydrogen-bond donors (Lipinski definition) is 1. The van der Waals surface area contributed by atoms with Gasteiger partial charge in [0.1, 0.15) is 24.0 Å². The van der Waals surface area contributed by atoms with Gasteiger partial charge >= 0.3 is 0 Å². The van der Waals surface area contributed by atoms with E-state index in [9.17, 15) is 4.79 Å². The quantitative estimate of drug-likeness (QED) is 0.305. The summed E-state index contributed by atoms with van der Waals surface area (Å²) in [6, 6.07) is 5.42. The number of primary amides is 1. The van der Waals surface area contributed by atoms with E-state index in [2.05, 4.69) is 51.8 Å². The van der Waals surface area contributed by atoms with E-state index in [1.165, 1.54) is 6.08 Å². The van der Waals surface area contributed by atoms with Gasteiger partial charge in [0.2, 0.25) is 0 Å². The number of benzene rings is 1. The second kappa shape index (κ2) is 7.49. The molecular formula is C13H10I2N2O2. The van der Waals surface area contributed by atoms with Crippen LogP contribution >= 0.6 is 45.2 Å². The van der Waals surface area contributed by atoms with Crippen LogP contribution in [-0.4, -0.2) is 12.5 Å². The summed E-state index contributed by atoms with van der Waals surface area (Å²) in [5, 5.41) is 8.81. The molecule has 1 aromatic rings. The van der Waals surface area contributed by atoms with Gasteiger partial charge < -0.3 is 10.5 Å². The topological polar surface area (TPSA) is 76.1 Å². The Labute approximate surface area is 138 Å². The standard InChI is InChI=1S/C13H10I2N2O2/c1-2-3-19-12-10(14)5-8(6-11(12)15)4-9(7-16)13(17)18/h2,4-6H,1,3H2,(H2,17,18). The van der Waals surface area contributed by atoms with Crippen LogP contribution in [-0.2, 0) is 4.79 Å². The molecule has 0 aromatic heterocycles. The third-order valence-corrected chi connectivity index (χ3v) is 3.67. The Balaban J connectivity index is 3.18. The zero-order chi connectivity index (χ0) is 14.4. The lowest BCUT2D eigenvalue weighted by molar-refractivity contribution is -0.114. The van der Waals surface area contributed by atoms with Gasteiger partial charge in [-0.1, -0.05) is 12.7 Å². The van der Waals surface area contributed by atoms with Crippen LogP contribution in [0.3, 0.4) is 0 Å². The summed E-state index contributed by atoms with van der Waals surface area (Å²) in [5.41, 5.74) is 5.75. The van der Waals surface area contributed by atoms with Crippen molar-refractivity contribution < 1.29 is 9.53 Å². The Morgan fingerprint density at radius 1 is 1.47 bits per heavy atom. The number of ether oxygens (including phenoxy) is 1.